The number of benzene rings is 2. The third-order valence-electron chi connectivity index (χ3n) is 5.01. The largest absolute Gasteiger partial charge is 0.454 e. The van der Waals surface area contributed by atoms with Gasteiger partial charge in [0.25, 0.3) is 0 Å². The first-order valence-electron chi connectivity index (χ1n) is 9.78. The SMILES string of the molecule is CC(=O)Nc1ccc(/C=C/C2=NN(C(C)=O)C(C)Cc3cc4c(cc32)OCO4)cc1. The topological polar surface area (TPSA) is 80.2 Å². The summed E-state index contributed by atoms with van der Waals surface area (Å²) in [4.78, 5) is 23.4. The molecule has 2 aromatic carbocycles. The number of hydrogen-bond acceptors (Lipinski definition) is 5. The summed E-state index contributed by atoms with van der Waals surface area (Å²) in [5.74, 6) is 1.17. The van der Waals surface area contributed by atoms with Gasteiger partial charge < -0.3 is 14.8 Å². The standard InChI is InChI=1S/C23H23N3O4/c1-14-10-18-11-22-23(30-13-29-22)12-20(18)21(25-26(14)16(3)28)9-6-17-4-7-19(8-5-17)24-15(2)27/h4-9,11-12,14H,10,13H2,1-3H3,(H,24,27)/b9-6+. The molecule has 4 rings (SSSR count). The number of ether oxygens (including phenoxy) is 2. The number of carbonyl (C=O) groups is 2. The van der Waals surface area contributed by atoms with Gasteiger partial charge in [-0.2, -0.15) is 5.10 Å². The molecule has 1 atom stereocenters. The molecule has 0 saturated heterocycles. The Morgan fingerprint density at radius 1 is 1.10 bits per heavy atom. The van der Waals surface area contributed by atoms with E-state index < -0.39 is 0 Å². The lowest BCUT2D eigenvalue weighted by Gasteiger charge is -2.21. The van der Waals surface area contributed by atoms with E-state index in [0.717, 1.165) is 22.4 Å². The molecule has 0 aliphatic carbocycles. The molecular formula is C23H23N3O4. The van der Waals surface area contributed by atoms with E-state index in [1.807, 2.05) is 55.5 Å². The van der Waals surface area contributed by atoms with Crippen molar-refractivity contribution in [2.24, 2.45) is 5.10 Å². The van der Waals surface area contributed by atoms with Crippen LogP contribution in [0.2, 0.25) is 0 Å². The monoisotopic (exact) mass is 405 g/mol. The number of hydrogen-bond donors (Lipinski definition) is 1. The number of anilines is 1. The molecule has 0 fully saturated rings. The maximum absolute atomic E-state index is 12.2. The number of nitrogens with zero attached hydrogens (tertiary/aromatic N) is 2. The van der Waals surface area contributed by atoms with Gasteiger partial charge >= 0.3 is 0 Å². The van der Waals surface area contributed by atoms with Crippen molar-refractivity contribution in [1.29, 1.82) is 0 Å². The molecule has 2 aromatic rings. The lowest BCUT2D eigenvalue weighted by molar-refractivity contribution is -0.130. The minimum absolute atomic E-state index is 0.0792. The second-order valence-corrected chi connectivity index (χ2v) is 7.40. The molecule has 1 N–H and O–H groups in total. The number of nitrogens with one attached hydrogen (secondary N) is 1. The lowest BCUT2D eigenvalue weighted by atomic mass is 9.97. The van der Waals surface area contributed by atoms with E-state index in [4.69, 9.17) is 9.47 Å². The normalized spacial score (nSPS) is 17.4. The Kier molecular flexibility index (Phi) is 5.27. The van der Waals surface area contributed by atoms with Gasteiger partial charge in [-0.25, -0.2) is 5.01 Å². The molecule has 2 aliphatic heterocycles. The third kappa shape index (κ3) is 4.05. The van der Waals surface area contributed by atoms with E-state index in [1.165, 1.54) is 18.9 Å². The number of fused-ring (bicyclic) bond motifs is 2. The van der Waals surface area contributed by atoms with Crippen molar-refractivity contribution in [3.8, 4) is 11.5 Å². The highest BCUT2D eigenvalue weighted by Crippen LogP contribution is 2.37. The van der Waals surface area contributed by atoms with Crippen molar-refractivity contribution >= 4 is 29.3 Å². The van der Waals surface area contributed by atoms with Crippen molar-refractivity contribution in [1.82, 2.24) is 5.01 Å². The molecule has 1 unspecified atom stereocenters. The minimum atomic E-state index is -0.111. The van der Waals surface area contributed by atoms with Crippen LogP contribution in [0.3, 0.4) is 0 Å². The molecule has 2 amide bonds. The van der Waals surface area contributed by atoms with Crippen molar-refractivity contribution < 1.29 is 19.1 Å². The predicted octanol–water partition coefficient (Wildman–Crippen LogP) is 3.58. The van der Waals surface area contributed by atoms with Crippen molar-refractivity contribution in [3.63, 3.8) is 0 Å². The Bertz CT molecular complexity index is 1060. The number of carbonyl (C=O) groups excluding carboxylic acids is 2. The second-order valence-electron chi connectivity index (χ2n) is 7.40. The number of amides is 2. The molecule has 154 valence electrons. The summed E-state index contributed by atoms with van der Waals surface area (Å²) in [6.07, 6.45) is 4.49. The fourth-order valence-electron chi connectivity index (χ4n) is 3.62. The van der Waals surface area contributed by atoms with E-state index >= 15 is 0 Å². The quantitative estimate of drug-likeness (QED) is 0.846. The van der Waals surface area contributed by atoms with Gasteiger partial charge in [0.2, 0.25) is 18.6 Å². The molecule has 0 spiro atoms. The third-order valence-corrected chi connectivity index (χ3v) is 5.01. The Morgan fingerprint density at radius 3 is 2.47 bits per heavy atom. The smallest absolute Gasteiger partial charge is 0.239 e. The van der Waals surface area contributed by atoms with E-state index in [0.29, 0.717) is 23.6 Å². The van der Waals surface area contributed by atoms with Crippen LogP contribution in [0.4, 0.5) is 5.69 Å². The molecule has 0 aromatic heterocycles. The average Bonchev–Trinajstić information content (AvgIpc) is 3.10. The van der Waals surface area contributed by atoms with Gasteiger partial charge in [-0.05, 0) is 54.8 Å². The van der Waals surface area contributed by atoms with Crippen LogP contribution >= 0.6 is 0 Å². The highest BCUT2D eigenvalue weighted by molar-refractivity contribution is 6.12. The molecule has 7 heteroatoms. The Balaban J connectivity index is 1.70. The van der Waals surface area contributed by atoms with E-state index in [1.54, 1.807) is 0 Å². The fourth-order valence-corrected chi connectivity index (χ4v) is 3.62. The first-order valence-corrected chi connectivity index (χ1v) is 9.78. The van der Waals surface area contributed by atoms with Gasteiger partial charge in [-0.3, -0.25) is 9.59 Å². The van der Waals surface area contributed by atoms with Gasteiger partial charge in [0.05, 0.1) is 11.8 Å². The van der Waals surface area contributed by atoms with Crippen LogP contribution in [0.5, 0.6) is 11.5 Å². The Morgan fingerprint density at radius 2 is 1.80 bits per heavy atom. The molecule has 7 nitrogen and oxygen atoms in total. The fraction of sp³-hybridized carbons (Fsp3) is 0.261. The van der Waals surface area contributed by atoms with E-state index in [-0.39, 0.29) is 24.6 Å². The van der Waals surface area contributed by atoms with Gasteiger partial charge in [0.15, 0.2) is 11.5 Å². The van der Waals surface area contributed by atoms with Crippen LogP contribution in [0, 0.1) is 0 Å². The van der Waals surface area contributed by atoms with Gasteiger partial charge in [-0.15, -0.1) is 0 Å². The maximum Gasteiger partial charge on any atom is 0.239 e. The summed E-state index contributed by atoms with van der Waals surface area (Å²) in [6, 6.07) is 11.3. The van der Waals surface area contributed by atoms with Crippen molar-refractivity contribution in [2.75, 3.05) is 12.1 Å². The second kappa shape index (κ2) is 8.02. The molecule has 2 aliphatic rings. The van der Waals surface area contributed by atoms with Crippen LogP contribution < -0.4 is 14.8 Å². The van der Waals surface area contributed by atoms with E-state index in [2.05, 4.69) is 10.4 Å². The highest BCUT2D eigenvalue weighted by atomic mass is 16.7. The Hall–Kier alpha value is -3.61. The average molecular weight is 405 g/mol. The maximum atomic E-state index is 12.2. The zero-order chi connectivity index (χ0) is 21.3. The Labute approximate surface area is 175 Å². The van der Waals surface area contributed by atoms with Crippen LogP contribution in [-0.4, -0.2) is 35.4 Å². The minimum Gasteiger partial charge on any atom is -0.454 e. The zero-order valence-corrected chi connectivity index (χ0v) is 17.1. The first-order chi connectivity index (χ1) is 14.4. The summed E-state index contributed by atoms with van der Waals surface area (Å²) in [5.41, 5.74) is 4.33. The molecule has 0 saturated carbocycles. The van der Waals surface area contributed by atoms with Crippen molar-refractivity contribution in [2.45, 2.75) is 33.2 Å². The van der Waals surface area contributed by atoms with Crippen LogP contribution in [0.25, 0.3) is 6.08 Å². The molecule has 0 radical (unpaired) electrons. The van der Waals surface area contributed by atoms with Crippen molar-refractivity contribution in [3.05, 3.63) is 59.2 Å². The molecular weight excluding hydrogens is 382 g/mol. The van der Waals surface area contributed by atoms with Crippen LogP contribution in [0.15, 0.2) is 47.6 Å². The van der Waals surface area contributed by atoms with Crippen LogP contribution in [-0.2, 0) is 16.0 Å². The van der Waals surface area contributed by atoms with Gasteiger partial charge in [0, 0.05) is 25.1 Å². The number of allylic oxidation sites excluding steroid dienone is 1. The summed E-state index contributed by atoms with van der Waals surface area (Å²) in [6.45, 7) is 5.18. The molecule has 2 heterocycles. The zero-order valence-electron chi connectivity index (χ0n) is 17.1. The number of rotatable bonds is 3. The summed E-state index contributed by atoms with van der Waals surface area (Å²) in [7, 11) is 0. The first kappa shape index (κ1) is 19.7. The summed E-state index contributed by atoms with van der Waals surface area (Å²) in [5, 5.41) is 8.92. The summed E-state index contributed by atoms with van der Waals surface area (Å²) < 4.78 is 11.1. The predicted molar refractivity (Wildman–Crippen MR) is 115 cm³/mol. The van der Waals surface area contributed by atoms with Gasteiger partial charge in [0.1, 0.15) is 0 Å². The van der Waals surface area contributed by atoms with E-state index in [9.17, 15) is 9.59 Å². The van der Waals surface area contributed by atoms with Crippen LogP contribution in [0.1, 0.15) is 37.5 Å². The lowest BCUT2D eigenvalue weighted by Crippen LogP contribution is -2.33. The molecule has 30 heavy (non-hydrogen) atoms. The highest BCUT2D eigenvalue weighted by Gasteiger charge is 2.26. The molecule has 0 bridgehead atoms. The summed E-state index contributed by atoms with van der Waals surface area (Å²) >= 11 is 0. The number of hydrazone groups is 1. The van der Waals surface area contributed by atoms with Gasteiger partial charge in [-0.1, -0.05) is 18.2 Å².